The molecule has 0 bridgehead atoms. The fraction of sp³-hybridized carbons (Fsp3) is 0.300. The molecule has 32 heavy (non-hydrogen) atoms. The monoisotopic (exact) mass is 461 g/mol. The number of imidazole rings is 1. The quantitative estimate of drug-likeness (QED) is 0.364. The minimum absolute atomic E-state index is 0.109. The van der Waals surface area contributed by atoms with Crippen LogP contribution >= 0.6 is 11.6 Å². The van der Waals surface area contributed by atoms with Crippen LogP contribution in [0.3, 0.4) is 0 Å². The van der Waals surface area contributed by atoms with Gasteiger partial charge in [-0.3, -0.25) is 14.9 Å². The zero-order valence-electron chi connectivity index (χ0n) is 16.8. The number of nitrogens with zero attached hydrogens (tertiary/aromatic N) is 4. The van der Waals surface area contributed by atoms with Gasteiger partial charge in [0.1, 0.15) is 6.17 Å². The van der Waals surface area contributed by atoms with Gasteiger partial charge in [-0.05, 0) is 6.42 Å². The van der Waals surface area contributed by atoms with Crippen LogP contribution in [0.25, 0.3) is 27.8 Å². The van der Waals surface area contributed by atoms with Gasteiger partial charge >= 0.3 is 0 Å². The Morgan fingerprint density at radius 1 is 1.41 bits per heavy atom. The number of aromatic amines is 1. The number of anilines is 2. The number of carbonyl (C=O) groups is 1. The summed E-state index contributed by atoms with van der Waals surface area (Å²) < 4.78 is 34.9. The van der Waals surface area contributed by atoms with Crippen LogP contribution in [-0.2, 0) is 9.53 Å². The number of ether oxygens (including phenoxy) is 1. The molecule has 1 aromatic carbocycles. The highest BCUT2D eigenvalue weighted by Crippen LogP contribution is 2.40. The fourth-order valence-electron chi connectivity index (χ4n) is 3.55. The second-order valence-electron chi connectivity index (χ2n) is 7.47. The average Bonchev–Trinajstić information content (AvgIpc) is 3.14. The van der Waals surface area contributed by atoms with Gasteiger partial charge in [0.25, 0.3) is 0 Å². The lowest BCUT2D eigenvalue weighted by Gasteiger charge is -2.13. The second kappa shape index (κ2) is 7.99. The Bertz CT molecular complexity index is 1340. The van der Waals surface area contributed by atoms with Crippen molar-refractivity contribution in [2.75, 3.05) is 30.9 Å². The maximum absolute atomic E-state index is 15.1. The maximum Gasteiger partial charge on any atom is 0.231 e. The lowest BCUT2D eigenvalue weighted by Crippen LogP contribution is -2.15. The van der Waals surface area contributed by atoms with Crippen molar-refractivity contribution in [2.24, 2.45) is 5.92 Å². The SMILES string of the molecule is COCCNc1c(F)c(Cl)c(-c2cn3cc(NC(=O)[C@@H]4C[C@@H]4F)nc3cn2)c2cn[nH]c12. The lowest BCUT2D eigenvalue weighted by atomic mass is 10.1. The Hall–Kier alpha value is -3.31. The number of methoxy groups -OCH3 is 1. The van der Waals surface area contributed by atoms with Crippen molar-refractivity contribution >= 4 is 45.6 Å². The second-order valence-corrected chi connectivity index (χ2v) is 7.85. The Kier molecular flexibility index (Phi) is 5.14. The molecule has 3 aromatic heterocycles. The molecule has 2 atom stereocenters. The number of aromatic nitrogens is 5. The molecule has 3 heterocycles. The highest BCUT2D eigenvalue weighted by molar-refractivity contribution is 6.35. The molecule has 0 unspecified atom stereocenters. The van der Waals surface area contributed by atoms with Crippen LogP contribution in [0.4, 0.5) is 20.3 Å². The van der Waals surface area contributed by atoms with Gasteiger partial charge in [0.2, 0.25) is 5.91 Å². The number of nitrogens with one attached hydrogen (secondary N) is 3. The predicted molar refractivity (Wildman–Crippen MR) is 115 cm³/mol. The van der Waals surface area contributed by atoms with E-state index in [-0.39, 0.29) is 22.9 Å². The van der Waals surface area contributed by atoms with Crippen LogP contribution in [0.1, 0.15) is 6.42 Å². The van der Waals surface area contributed by atoms with Crippen LogP contribution in [0.15, 0.2) is 24.8 Å². The minimum atomic E-state index is -1.10. The molecule has 1 aliphatic rings. The highest BCUT2D eigenvalue weighted by Gasteiger charge is 2.43. The Balaban J connectivity index is 1.52. The number of benzene rings is 1. The third kappa shape index (κ3) is 3.53. The molecule has 0 radical (unpaired) electrons. The van der Waals surface area contributed by atoms with Crippen molar-refractivity contribution in [2.45, 2.75) is 12.6 Å². The van der Waals surface area contributed by atoms with Crippen LogP contribution in [-0.4, -0.2) is 56.9 Å². The van der Waals surface area contributed by atoms with Gasteiger partial charge < -0.3 is 19.8 Å². The van der Waals surface area contributed by atoms with E-state index >= 15 is 4.39 Å². The minimum Gasteiger partial charge on any atom is -0.383 e. The molecule has 166 valence electrons. The van der Waals surface area contributed by atoms with Gasteiger partial charge in [-0.25, -0.2) is 13.8 Å². The van der Waals surface area contributed by atoms with E-state index in [4.69, 9.17) is 16.3 Å². The number of alkyl halides is 1. The first-order valence-corrected chi connectivity index (χ1v) is 10.2. The Morgan fingerprint density at radius 3 is 2.97 bits per heavy atom. The molecule has 9 nitrogen and oxygen atoms in total. The normalized spacial score (nSPS) is 17.8. The first kappa shape index (κ1) is 20.6. The molecule has 5 rings (SSSR count). The van der Waals surface area contributed by atoms with E-state index in [9.17, 15) is 9.18 Å². The van der Waals surface area contributed by atoms with E-state index in [1.807, 2.05) is 0 Å². The molecule has 1 saturated carbocycles. The first-order valence-electron chi connectivity index (χ1n) is 9.84. The average molecular weight is 462 g/mol. The van der Waals surface area contributed by atoms with Gasteiger partial charge in [-0.2, -0.15) is 5.10 Å². The number of H-pyrrole nitrogens is 1. The Morgan fingerprint density at radius 2 is 2.22 bits per heavy atom. The van der Waals surface area contributed by atoms with E-state index in [1.54, 1.807) is 30.1 Å². The van der Waals surface area contributed by atoms with Crippen molar-refractivity contribution in [1.82, 2.24) is 24.6 Å². The van der Waals surface area contributed by atoms with Gasteiger partial charge in [-0.15, -0.1) is 0 Å². The number of hydrogen-bond acceptors (Lipinski definition) is 6. The van der Waals surface area contributed by atoms with E-state index < -0.39 is 23.8 Å². The summed E-state index contributed by atoms with van der Waals surface area (Å²) in [6, 6.07) is 0. The third-order valence-corrected chi connectivity index (χ3v) is 5.65. The molecule has 1 aliphatic carbocycles. The number of amides is 1. The largest absolute Gasteiger partial charge is 0.383 e. The summed E-state index contributed by atoms with van der Waals surface area (Å²) in [5, 5.41) is 12.9. The van der Waals surface area contributed by atoms with Gasteiger partial charge in [0.15, 0.2) is 17.3 Å². The number of hydrogen-bond donors (Lipinski definition) is 3. The van der Waals surface area contributed by atoms with Crippen molar-refractivity contribution in [1.29, 1.82) is 0 Å². The summed E-state index contributed by atoms with van der Waals surface area (Å²) in [6.07, 6.45) is 5.36. The fourth-order valence-corrected chi connectivity index (χ4v) is 3.84. The predicted octanol–water partition coefficient (Wildman–Crippen LogP) is 3.42. The smallest absolute Gasteiger partial charge is 0.231 e. The van der Waals surface area contributed by atoms with Crippen molar-refractivity contribution in [3.05, 3.63) is 35.6 Å². The van der Waals surface area contributed by atoms with E-state index in [1.165, 1.54) is 6.20 Å². The van der Waals surface area contributed by atoms with Crippen molar-refractivity contribution in [3.63, 3.8) is 0 Å². The van der Waals surface area contributed by atoms with Gasteiger partial charge in [-0.1, -0.05) is 11.6 Å². The zero-order valence-corrected chi connectivity index (χ0v) is 17.6. The topological polar surface area (TPSA) is 109 Å². The summed E-state index contributed by atoms with van der Waals surface area (Å²) in [5.74, 6) is -1.40. The van der Waals surface area contributed by atoms with Crippen molar-refractivity contribution in [3.8, 4) is 11.3 Å². The molecule has 3 N–H and O–H groups in total. The summed E-state index contributed by atoms with van der Waals surface area (Å²) >= 11 is 6.42. The van der Waals surface area contributed by atoms with E-state index in [0.717, 1.165) is 0 Å². The summed E-state index contributed by atoms with van der Waals surface area (Å²) in [7, 11) is 1.55. The number of rotatable bonds is 7. The molecule has 0 saturated heterocycles. The van der Waals surface area contributed by atoms with Crippen LogP contribution < -0.4 is 10.6 Å². The Labute approximate surface area is 185 Å². The van der Waals surface area contributed by atoms with Crippen LogP contribution in [0.2, 0.25) is 5.02 Å². The molecule has 1 amide bonds. The standard InChI is InChI=1S/C20H18ClF2N7O2/c1-32-3-2-24-19-17(23)16(21)15(10-5-26-29-18(10)19)12-7-30-8-13(27-14(30)6-25-12)28-20(31)9-4-11(9)22/h5-9,11,24H,2-4H2,1H3,(H,26,29)(H,28,31)/t9-,11+/m1/s1. The summed E-state index contributed by atoms with van der Waals surface area (Å²) in [5.41, 5.74) is 1.85. The van der Waals surface area contributed by atoms with E-state index in [0.29, 0.717) is 41.0 Å². The van der Waals surface area contributed by atoms with E-state index in [2.05, 4.69) is 30.8 Å². The summed E-state index contributed by atoms with van der Waals surface area (Å²) in [4.78, 5) is 20.6. The third-order valence-electron chi connectivity index (χ3n) is 5.30. The number of carbonyl (C=O) groups excluding carboxylic acids is 1. The number of fused-ring (bicyclic) bond motifs is 2. The van der Waals surface area contributed by atoms with Gasteiger partial charge in [0.05, 0.1) is 53.0 Å². The summed E-state index contributed by atoms with van der Waals surface area (Å²) in [6.45, 7) is 0.772. The molecular weight excluding hydrogens is 444 g/mol. The number of halogens is 3. The molecule has 0 spiro atoms. The molecule has 1 fully saturated rings. The van der Waals surface area contributed by atoms with Crippen LogP contribution in [0.5, 0.6) is 0 Å². The highest BCUT2D eigenvalue weighted by atomic mass is 35.5. The zero-order chi connectivity index (χ0) is 22.4. The first-order chi connectivity index (χ1) is 15.5. The molecule has 4 aromatic rings. The van der Waals surface area contributed by atoms with Gasteiger partial charge in [0, 0.05) is 30.8 Å². The maximum atomic E-state index is 15.1. The van der Waals surface area contributed by atoms with Crippen LogP contribution in [0, 0.1) is 11.7 Å². The van der Waals surface area contributed by atoms with Crippen molar-refractivity contribution < 1.29 is 18.3 Å². The molecular formula is C20H18ClF2N7O2. The molecule has 12 heteroatoms. The molecule has 0 aliphatic heterocycles. The lowest BCUT2D eigenvalue weighted by molar-refractivity contribution is -0.117.